The summed E-state index contributed by atoms with van der Waals surface area (Å²) < 4.78 is 37.1. The largest absolute Gasteiger partial charge is 0.416 e. The molecule has 0 bridgehead atoms. The van der Waals surface area contributed by atoms with Crippen LogP contribution in [0.5, 0.6) is 0 Å². The second kappa shape index (κ2) is 5.74. The lowest BCUT2D eigenvalue weighted by Crippen LogP contribution is -2.27. The van der Waals surface area contributed by atoms with Gasteiger partial charge in [0.1, 0.15) is 0 Å². The molecule has 18 heavy (non-hydrogen) atoms. The van der Waals surface area contributed by atoms with E-state index in [-0.39, 0.29) is 0 Å². The first-order valence-electron chi connectivity index (χ1n) is 6.45. The van der Waals surface area contributed by atoms with Crippen LogP contribution in [0.3, 0.4) is 0 Å². The Balaban J connectivity index is 1.79. The molecule has 1 aromatic carbocycles. The Morgan fingerprint density at radius 2 is 1.67 bits per heavy atom. The van der Waals surface area contributed by atoms with Crippen LogP contribution in [-0.4, -0.2) is 12.6 Å². The number of rotatable bonds is 4. The molecule has 4 heteroatoms. The SMILES string of the molecule is FC(F)(F)c1ccc(CCNC2CCCC2)cc1. The van der Waals surface area contributed by atoms with E-state index >= 15 is 0 Å². The highest BCUT2D eigenvalue weighted by Gasteiger charge is 2.29. The van der Waals surface area contributed by atoms with E-state index in [0.717, 1.165) is 30.7 Å². The van der Waals surface area contributed by atoms with Crippen molar-refractivity contribution in [1.82, 2.24) is 5.32 Å². The summed E-state index contributed by atoms with van der Waals surface area (Å²) in [6.07, 6.45) is 1.59. The molecule has 0 aliphatic heterocycles. The summed E-state index contributed by atoms with van der Waals surface area (Å²) in [5.41, 5.74) is 0.378. The molecule has 1 saturated carbocycles. The van der Waals surface area contributed by atoms with Crippen LogP contribution >= 0.6 is 0 Å². The van der Waals surface area contributed by atoms with Gasteiger partial charge in [-0.25, -0.2) is 0 Å². The maximum atomic E-state index is 12.4. The quantitative estimate of drug-likeness (QED) is 0.865. The third kappa shape index (κ3) is 3.73. The van der Waals surface area contributed by atoms with Crippen molar-refractivity contribution in [3.05, 3.63) is 35.4 Å². The first-order valence-corrected chi connectivity index (χ1v) is 6.45. The van der Waals surface area contributed by atoms with E-state index in [1.807, 2.05) is 0 Å². The molecule has 0 aromatic heterocycles. The van der Waals surface area contributed by atoms with Crippen molar-refractivity contribution < 1.29 is 13.2 Å². The highest BCUT2D eigenvalue weighted by atomic mass is 19.4. The summed E-state index contributed by atoms with van der Waals surface area (Å²) in [4.78, 5) is 0. The van der Waals surface area contributed by atoms with E-state index in [9.17, 15) is 13.2 Å². The molecule has 1 nitrogen and oxygen atoms in total. The van der Waals surface area contributed by atoms with Crippen molar-refractivity contribution in [3.8, 4) is 0 Å². The van der Waals surface area contributed by atoms with Crippen LogP contribution in [0.25, 0.3) is 0 Å². The fraction of sp³-hybridized carbons (Fsp3) is 0.571. The Hall–Kier alpha value is -1.03. The van der Waals surface area contributed by atoms with Crippen LogP contribution in [0.15, 0.2) is 24.3 Å². The van der Waals surface area contributed by atoms with Gasteiger partial charge in [-0.15, -0.1) is 0 Å². The number of alkyl halides is 3. The van der Waals surface area contributed by atoms with Crippen molar-refractivity contribution >= 4 is 0 Å². The zero-order valence-electron chi connectivity index (χ0n) is 10.3. The van der Waals surface area contributed by atoms with Crippen LogP contribution in [0.1, 0.15) is 36.8 Å². The Labute approximate surface area is 105 Å². The molecule has 100 valence electrons. The van der Waals surface area contributed by atoms with Crippen LogP contribution in [0.2, 0.25) is 0 Å². The van der Waals surface area contributed by atoms with Gasteiger partial charge in [-0.3, -0.25) is 0 Å². The molecule has 0 amide bonds. The van der Waals surface area contributed by atoms with Gasteiger partial charge in [0.15, 0.2) is 0 Å². The van der Waals surface area contributed by atoms with Gasteiger partial charge in [-0.2, -0.15) is 13.2 Å². The highest BCUT2D eigenvalue weighted by molar-refractivity contribution is 5.24. The molecule has 1 aliphatic carbocycles. The zero-order valence-corrected chi connectivity index (χ0v) is 10.3. The van der Waals surface area contributed by atoms with Gasteiger partial charge in [0.2, 0.25) is 0 Å². The molecule has 1 aliphatic rings. The van der Waals surface area contributed by atoms with Crippen LogP contribution in [-0.2, 0) is 12.6 Å². The molecule has 2 rings (SSSR count). The van der Waals surface area contributed by atoms with E-state index in [0.29, 0.717) is 6.04 Å². The van der Waals surface area contributed by atoms with Crippen molar-refractivity contribution in [2.24, 2.45) is 0 Å². The van der Waals surface area contributed by atoms with Crippen molar-refractivity contribution in [2.45, 2.75) is 44.3 Å². The van der Waals surface area contributed by atoms with E-state index < -0.39 is 11.7 Å². The Bertz CT molecular complexity index is 364. The molecule has 0 radical (unpaired) electrons. The maximum absolute atomic E-state index is 12.4. The van der Waals surface area contributed by atoms with E-state index in [2.05, 4.69) is 5.32 Å². The molecule has 0 saturated heterocycles. The van der Waals surface area contributed by atoms with E-state index in [1.165, 1.54) is 25.7 Å². The summed E-state index contributed by atoms with van der Waals surface area (Å²) in [6, 6.07) is 6.06. The van der Waals surface area contributed by atoms with Gasteiger partial charge >= 0.3 is 6.18 Å². The number of benzene rings is 1. The molecular weight excluding hydrogens is 239 g/mol. The number of nitrogens with one attached hydrogen (secondary N) is 1. The van der Waals surface area contributed by atoms with Gasteiger partial charge in [-0.05, 0) is 43.5 Å². The molecule has 1 N–H and O–H groups in total. The maximum Gasteiger partial charge on any atom is 0.416 e. The molecule has 0 atom stereocenters. The smallest absolute Gasteiger partial charge is 0.314 e. The topological polar surface area (TPSA) is 12.0 Å². The van der Waals surface area contributed by atoms with Gasteiger partial charge < -0.3 is 5.32 Å². The minimum Gasteiger partial charge on any atom is -0.314 e. The summed E-state index contributed by atoms with van der Waals surface area (Å²) in [6.45, 7) is 0.843. The summed E-state index contributed by atoms with van der Waals surface area (Å²) in [7, 11) is 0. The third-order valence-electron chi connectivity index (χ3n) is 3.48. The lowest BCUT2D eigenvalue weighted by Gasteiger charge is -2.12. The van der Waals surface area contributed by atoms with Crippen molar-refractivity contribution in [2.75, 3.05) is 6.54 Å². The van der Waals surface area contributed by atoms with Gasteiger partial charge in [0.05, 0.1) is 5.56 Å². The fourth-order valence-electron chi connectivity index (χ4n) is 2.41. The summed E-state index contributed by atoms with van der Waals surface area (Å²) >= 11 is 0. The highest BCUT2D eigenvalue weighted by Crippen LogP contribution is 2.29. The average molecular weight is 257 g/mol. The van der Waals surface area contributed by atoms with E-state index in [1.54, 1.807) is 12.1 Å². The van der Waals surface area contributed by atoms with Crippen LogP contribution in [0, 0.1) is 0 Å². The average Bonchev–Trinajstić information content (AvgIpc) is 2.82. The standard InChI is InChI=1S/C14H18F3N/c15-14(16,17)12-7-5-11(6-8-12)9-10-18-13-3-1-2-4-13/h5-8,13,18H,1-4,9-10H2. The fourth-order valence-corrected chi connectivity index (χ4v) is 2.41. The number of hydrogen-bond acceptors (Lipinski definition) is 1. The molecular formula is C14H18F3N. The van der Waals surface area contributed by atoms with Crippen molar-refractivity contribution in [3.63, 3.8) is 0 Å². The Kier molecular flexibility index (Phi) is 4.27. The van der Waals surface area contributed by atoms with Gasteiger partial charge in [-0.1, -0.05) is 25.0 Å². The van der Waals surface area contributed by atoms with E-state index in [4.69, 9.17) is 0 Å². The van der Waals surface area contributed by atoms with Crippen LogP contribution < -0.4 is 5.32 Å². The molecule has 0 heterocycles. The Morgan fingerprint density at radius 1 is 1.06 bits per heavy atom. The first-order chi connectivity index (χ1) is 8.55. The molecule has 1 fully saturated rings. The lowest BCUT2D eigenvalue weighted by molar-refractivity contribution is -0.137. The Morgan fingerprint density at radius 3 is 2.22 bits per heavy atom. The minimum absolute atomic E-state index is 0.574. The lowest BCUT2D eigenvalue weighted by atomic mass is 10.1. The number of halogens is 3. The number of hydrogen-bond donors (Lipinski definition) is 1. The monoisotopic (exact) mass is 257 g/mol. The van der Waals surface area contributed by atoms with Gasteiger partial charge in [0.25, 0.3) is 0 Å². The molecule has 1 aromatic rings. The minimum atomic E-state index is -4.24. The van der Waals surface area contributed by atoms with Crippen LogP contribution in [0.4, 0.5) is 13.2 Å². The molecule has 0 spiro atoms. The molecule has 0 unspecified atom stereocenters. The summed E-state index contributed by atoms with van der Waals surface area (Å²) in [5, 5.41) is 3.45. The van der Waals surface area contributed by atoms with Crippen molar-refractivity contribution in [1.29, 1.82) is 0 Å². The zero-order chi connectivity index (χ0) is 13.0. The normalized spacial score (nSPS) is 17.3. The second-order valence-corrected chi connectivity index (χ2v) is 4.88. The predicted molar refractivity (Wildman–Crippen MR) is 65.4 cm³/mol. The van der Waals surface area contributed by atoms with Gasteiger partial charge in [0, 0.05) is 6.04 Å². The second-order valence-electron chi connectivity index (χ2n) is 4.88. The summed E-state index contributed by atoms with van der Waals surface area (Å²) in [5.74, 6) is 0. The third-order valence-corrected chi connectivity index (χ3v) is 3.48. The predicted octanol–water partition coefficient (Wildman–Crippen LogP) is 3.78. The first kappa shape index (κ1) is 13.4.